The fraction of sp³-hybridized carbons (Fsp3) is 0. The van der Waals surface area contributed by atoms with Crippen molar-refractivity contribution in [1.29, 1.82) is 15.8 Å². The van der Waals surface area contributed by atoms with Crippen LogP contribution in [0.3, 0.4) is 0 Å². The van der Waals surface area contributed by atoms with Gasteiger partial charge in [-0.3, -0.25) is 0 Å². The first kappa shape index (κ1) is 11.5. The van der Waals surface area contributed by atoms with E-state index in [2.05, 4.69) is 19.9 Å². The van der Waals surface area contributed by atoms with Crippen molar-refractivity contribution >= 4 is 22.2 Å². The summed E-state index contributed by atoms with van der Waals surface area (Å²) < 4.78 is 0. The molecule has 3 heterocycles. The van der Waals surface area contributed by atoms with Crippen LogP contribution in [0.1, 0.15) is 16.7 Å². The molecule has 0 fully saturated rings. The highest BCUT2D eigenvalue weighted by atomic mass is 15.0. The number of fused-ring (bicyclic) bond motifs is 2. The van der Waals surface area contributed by atoms with Crippen LogP contribution in [0.25, 0.3) is 22.2 Å². The lowest BCUT2D eigenvalue weighted by atomic mass is 10.1. The highest BCUT2D eigenvalue weighted by Gasteiger charge is 2.15. The van der Waals surface area contributed by atoms with Crippen LogP contribution in [0.2, 0.25) is 0 Å². The second-order valence-electron chi connectivity index (χ2n) is 3.84. The first-order valence-electron chi connectivity index (χ1n) is 5.43. The maximum Gasteiger partial charge on any atom is 0.183 e. The number of hydrogen-bond donors (Lipinski definition) is 0. The van der Waals surface area contributed by atoms with Gasteiger partial charge >= 0.3 is 0 Å². The molecule has 90 valence electrons. The Hall–Kier alpha value is -3.63. The molecule has 0 saturated carbocycles. The Morgan fingerprint density at radius 3 is 2.45 bits per heavy atom. The molecule has 3 aromatic heterocycles. The summed E-state index contributed by atoms with van der Waals surface area (Å²) in [5.41, 5.74) is 1.35. The molecule has 0 saturated heterocycles. The SMILES string of the molecule is N#Cc1cnc2nc3ncnc3c(C#N)c2c(C#N)c1. The number of nitriles is 3. The first-order valence-corrected chi connectivity index (χ1v) is 5.43. The molecule has 0 amide bonds. The molecule has 7 heteroatoms. The lowest BCUT2D eigenvalue weighted by Crippen LogP contribution is -1.90. The second-order valence-corrected chi connectivity index (χ2v) is 3.84. The third-order valence-corrected chi connectivity index (χ3v) is 2.76. The van der Waals surface area contributed by atoms with Crippen LogP contribution in [0.5, 0.6) is 0 Å². The van der Waals surface area contributed by atoms with Crippen molar-refractivity contribution < 1.29 is 0 Å². The molecule has 0 aliphatic rings. The van der Waals surface area contributed by atoms with Gasteiger partial charge in [0.25, 0.3) is 0 Å². The van der Waals surface area contributed by atoms with Gasteiger partial charge in [-0.15, -0.1) is 0 Å². The maximum atomic E-state index is 9.33. The van der Waals surface area contributed by atoms with Gasteiger partial charge in [-0.25, -0.2) is 19.9 Å². The Morgan fingerprint density at radius 2 is 1.75 bits per heavy atom. The normalized spacial score (nSPS) is 9.85. The van der Waals surface area contributed by atoms with Crippen molar-refractivity contribution in [3.05, 3.63) is 35.3 Å². The van der Waals surface area contributed by atoms with Gasteiger partial charge in [0.2, 0.25) is 0 Å². The standard InChI is InChI=1S/C13H3N7/c14-2-7-1-8(3-15)10-9(4-16)11-13(19-6-18-11)20-12(10)17-5-7/h1,5-6H. The zero-order chi connectivity index (χ0) is 14.1. The minimum atomic E-state index is 0.156. The number of pyridine rings is 1. The number of imidazole rings is 1. The monoisotopic (exact) mass is 257 g/mol. The predicted molar refractivity (Wildman–Crippen MR) is 66.8 cm³/mol. The molecule has 0 N–H and O–H groups in total. The van der Waals surface area contributed by atoms with E-state index >= 15 is 0 Å². The first-order chi connectivity index (χ1) is 9.78. The molecule has 0 atom stereocenters. The molecular formula is C13H3N7. The van der Waals surface area contributed by atoms with E-state index in [4.69, 9.17) is 5.26 Å². The summed E-state index contributed by atoms with van der Waals surface area (Å²) in [4.78, 5) is 16.1. The molecule has 7 nitrogen and oxygen atoms in total. The summed E-state index contributed by atoms with van der Waals surface area (Å²) in [5, 5.41) is 27.8. The summed E-state index contributed by atoms with van der Waals surface area (Å²) >= 11 is 0. The van der Waals surface area contributed by atoms with Crippen LogP contribution >= 0.6 is 0 Å². The fourth-order valence-corrected chi connectivity index (χ4v) is 1.91. The topological polar surface area (TPSA) is 123 Å². The quantitative estimate of drug-likeness (QED) is 0.592. The number of aromatic nitrogens is 4. The molecule has 0 aliphatic heterocycles. The van der Waals surface area contributed by atoms with Crippen molar-refractivity contribution in [2.45, 2.75) is 0 Å². The van der Waals surface area contributed by atoms with Crippen LogP contribution < -0.4 is 0 Å². The minimum absolute atomic E-state index is 0.156. The molecule has 0 bridgehead atoms. The predicted octanol–water partition coefficient (Wildman–Crippen LogP) is 1.19. The van der Waals surface area contributed by atoms with E-state index in [9.17, 15) is 10.5 Å². The Morgan fingerprint density at radius 1 is 0.900 bits per heavy atom. The van der Waals surface area contributed by atoms with Crippen molar-refractivity contribution in [3.63, 3.8) is 0 Å². The van der Waals surface area contributed by atoms with Gasteiger partial charge in [0, 0.05) is 6.20 Å². The van der Waals surface area contributed by atoms with E-state index in [-0.39, 0.29) is 33.4 Å². The van der Waals surface area contributed by atoms with Gasteiger partial charge in [0.05, 0.1) is 28.1 Å². The van der Waals surface area contributed by atoms with Crippen molar-refractivity contribution in [2.75, 3.05) is 0 Å². The molecule has 0 spiro atoms. The zero-order valence-corrected chi connectivity index (χ0v) is 9.86. The minimum Gasteiger partial charge on any atom is -0.235 e. The molecule has 0 unspecified atom stereocenters. The van der Waals surface area contributed by atoms with E-state index in [1.54, 1.807) is 0 Å². The molecule has 3 rings (SSSR count). The average Bonchev–Trinajstić information content (AvgIpc) is 2.86. The van der Waals surface area contributed by atoms with Crippen LogP contribution in [0.15, 0.2) is 18.6 Å². The molecule has 0 radical (unpaired) electrons. The highest BCUT2D eigenvalue weighted by Crippen LogP contribution is 2.24. The maximum absolute atomic E-state index is 9.33. The lowest BCUT2D eigenvalue weighted by molar-refractivity contribution is 1.29. The summed E-state index contributed by atoms with van der Waals surface area (Å²) in [5.74, 6) is 0. The third kappa shape index (κ3) is 1.50. The van der Waals surface area contributed by atoms with Gasteiger partial charge < -0.3 is 0 Å². The largest absolute Gasteiger partial charge is 0.235 e. The van der Waals surface area contributed by atoms with Crippen molar-refractivity contribution in [3.8, 4) is 18.2 Å². The second kappa shape index (κ2) is 4.24. The molecular weight excluding hydrogens is 254 g/mol. The molecule has 0 aromatic carbocycles. The van der Waals surface area contributed by atoms with E-state index in [0.29, 0.717) is 5.52 Å². The number of hydrogen-bond acceptors (Lipinski definition) is 7. The van der Waals surface area contributed by atoms with Crippen LogP contribution in [0.4, 0.5) is 0 Å². The van der Waals surface area contributed by atoms with E-state index in [1.165, 1.54) is 18.6 Å². The van der Waals surface area contributed by atoms with Gasteiger partial charge in [-0.05, 0) is 6.07 Å². The van der Waals surface area contributed by atoms with Gasteiger partial charge in [-0.1, -0.05) is 0 Å². The van der Waals surface area contributed by atoms with Gasteiger partial charge in [-0.2, -0.15) is 15.8 Å². The third-order valence-electron chi connectivity index (χ3n) is 2.76. The molecule has 0 aliphatic carbocycles. The smallest absolute Gasteiger partial charge is 0.183 e. The lowest BCUT2D eigenvalue weighted by Gasteiger charge is -1.97. The zero-order valence-electron chi connectivity index (χ0n) is 9.86. The fourth-order valence-electron chi connectivity index (χ4n) is 1.91. The number of nitrogens with zero attached hydrogens (tertiary/aromatic N) is 7. The number of rotatable bonds is 0. The molecule has 3 aromatic rings. The summed E-state index contributed by atoms with van der Waals surface area (Å²) in [6.07, 6.45) is 2.60. The summed E-state index contributed by atoms with van der Waals surface area (Å²) in [7, 11) is 0. The average molecular weight is 257 g/mol. The summed E-state index contributed by atoms with van der Waals surface area (Å²) in [6, 6.07) is 7.26. The van der Waals surface area contributed by atoms with Crippen LogP contribution in [-0.4, -0.2) is 19.9 Å². The Labute approximate surface area is 112 Å². The van der Waals surface area contributed by atoms with E-state index in [0.717, 1.165) is 0 Å². The van der Waals surface area contributed by atoms with Crippen LogP contribution in [-0.2, 0) is 0 Å². The highest BCUT2D eigenvalue weighted by molar-refractivity contribution is 5.98. The Kier molecular flexibility index (Phi) is 2.43. The Balaban J connectivity index is 2.67. The molecule has 20 heavy (non-hydrogen) atoms. The van der Waals surface area contributed by atoms with Crippen molar-refractivity contribution in [1.82, 2.24) is 19.9 Å². The summed E-state index contributed by atoms with van der Waals surface area (Å²) in [6.45, 7) is 0. The van der Waals surface area contributed by atoms with E-state index in [1.807, 2.05) is 18.2 Å². The van der Waals surface area contributed by atoms with E-state index < -0.39 is 0 Å². The van der Waals surface area contributed by atoms with Crippen LogP contribution in [0, 0.1) is 34.0 Å². The van der Waals surface area contributed by atoms with Crippen molar-refractivity contribution in [2.24, 2.45) is 0 Å². The Bertz CT molecular complexity index is 986. The van der Waals surface area contributed by atoms with Gasteiger partial charge in [0.1, 0.15) is 24.0 Å². The van der Waals surface area contributed by atoms with Gasteiger partial charge in [0.15, 0.2) is 11.3 Å².